The van der Waals surface area contributed by atoms with E-state index in [2.05, 4.69) is 10.6 Å². The normalized spacial score (nSPS) is 27.6. The Kier molecular flexibility index (Phi) is 5.67. The van der Waals surface area contributed by atoms with E-state index in [1.54, 1.807) is 0 Å². The Morgan fingerprint density at radius 2 is 2.16 bits per heavy atom. The van der Waals surface area contributed by atoms with Gasteiger partial charge in [0.1, 0.15) is 6.04 Å². The Balaban J connectivity index is 2.63. The molecule has 8 heteroatoms. The number of β-amino-alcohol motifs (C(OH)–C–C–N with tert-alkyl or cyclic N) is 1. The van der Waals surface area contributed by atoms with E-state index in [-0.39, 0.29) is 6.42 Å². The summed E-state index contributed by atoms with van der Waals surface area (Å²) in [5, 5.41) is 32.9. The summed E-state index contributed by atoms with van der Waals surface area (Å²) in [6, 6.07) is -1.66. The van der Waals surface area contributed by atoms with Crippen molar-refractivity contribution in [1.82, 2.24) is 10.6 Å². The number of nitrogens with two attached hydrogens (primary N) is 1. The number of primary amides is 1. The summed E-state index contributed by atoms with van der Waals surface area (Å²) in [5.41, 5.74) is 5.19. The van der Waals surface area contributed by atoms with Gasteiger partial charge in [-0.3, -0.25) is 9.59 Å². The zero-order valence-corrected chi connectivity index (χ0v) is 10.7. The monoisotopic (exact) mass is 275 g/mol. The highest BCUT2D eigenvalue weighted by Crippen LogP contribution is 2.11. The minimum absolute atomic E-state index is 0.258. The molecule has 19 heavy (non-hydrogen) atoms. The smallest absolute Gasteiger partial charge is 0.240 e. The van der Waals surface area contributed by atoms with Gasteiger partial charge in [0, 0.05) is 12.5 Å². The van der Waals surface area contributed by atoms with E-state index < -0.39 is 48.6 Å². The maximum Gasteiger partial charge on any atom is 0.240 e. The first kappa shape index (κ1) is 15.8. The van der Waals surface area contributed by atoms with Gasteiger partial charge in [-0.05, 0) is 6.42 Å². The lowest BCUT2D eigenvalue weighted by Gasteiger charge is -2.26. The third-order valence-corrected chi connectivity index (χ3v) is 3.35. The average molecular weight is 275 g/mol. The van der Waals surface area contributed by atoms with Gasteiger partial charge in [-0.1, -0.05) is 6.92 Å². The van der Waals surface area contributed by atoms with Crippen molar-refractivity contribution in [2.24, 2.45) is 11.7 Å². The standard InChI is InChI=1S/C11H21N3O5/c1-5(8(17)4-15)9(10(12)18)14-11(19)7-2-6(16)3-13-7/h5-9,13,15-17H,2-4H2,1H3,(H2,12,18)(H,14,19). The first-order valence-corrected chi connectivity index (χ1v) is 6.16. The Hall–Kier alpha value is -1.22. The van der Waals surface area contributed by atoms with E-state index in [0.29, 0.717) is 6.54 Å². The molecule has 7 N–H and O–H groups in total. The molecule has 8 nitrogen and oxygen atoms in total. The molecule has 1 aliphatic heterocycles. The molecule has 1 fully saturated rings. The van der Waals surface area contributed by atoms with Gasteiger partial charge in [-0.15, -0.1) is 0 Å². The molecule has 0 aromatic carbocycles. The van der Waals surface area contributed by atoms with Gasteiger partial charge in [0.05, 0.1) is 24.9 Å². The van der Waals surface area contributed by atoms with E-state index in [1.165, 1.54) is 6.92 Å². The fourth-order valence-electron chi connectivity index (χ4n) is 2.02. The number of carbonyl (C=O) groups is 2. The highest BCUT2D eigenvalue weighted by atomic mass is 16.3. The minimum atomic E-state index is -1.15. The van der Waals surface area contributed by atoms with Crippen LogP contribution in [0.25, 0.3) is 0 Å². The number of aliphatic hydroxyl groups excluding tert-OH is 3. The average Bonchev–Trinajstić information content (AvgIpc) is 2.80. The van der Waals surface area contributed by atoms with Crippen molar-refractivity contribution in [3.05, 3.63) is 0 Å². The van der Waals surface area contributed by atoms with Crippen molar-refractivity contribution in [1.29, 1.82) is 0 Å². The van der Waals surface area contributed by atoms with Crippen LogP contribution in [0.15, 0.2) is 0 Å². The van der Waals surface area contributed by atoms with Crippen molar-refractivity contribution >= 4 is 11.8 Å². The molecular weight excluding hydrogens is 254 g/mol. The van der Waals surface area contributed by atoms with E-state index in [4.69, 9.17) is 10.8 Å². The number of amides is 2. The van der Waals surface area contributed by atoms with Crippen molar-refractivity contribution in [3.63, 3.8) is 0 Å². The van der Waals surface area contributed by atoms with Crippen molar-refractivity contribution in [2.75, 3.05) is 13.2 Å². The number of hydrogen-bond acceptors (Lipinski definition) is 6. The van der Waals surface area contributed by atoms with Gasteiger partial charge in [-0.25, -0.2) is 0 Å². The summed E-state index contributed by atoms with van der Waals surface area (Å²) in [6.45, 7) is 1.29. The highest BCUT2D eigenvalue weighted by molar-refractivity contribution is 5.89. The zero-order valence-electron chi connectivity index (χ0n) is 10.7. The minimum Gasteiger partial charge on any atom is -0.394 e. The first-order chi connectivity index (χ1) is 8.86. The predicted octanol–water partition coefficient (Wildman–Crippen LogP) is -3.33. The fraction of sp³-hybridized carbons (Fsp3) is 0.818. The van der Waals surface area contributed by atoms with E-state index in [0.717, 1.165) is 0 Å². The van der Waals surface area contributed by atoms with Gasteiger partial charge in [0.2, 0.25) is 11.8 Å². The molecule has 1 heterocycles. The van der Waals surface area contributed by atoms with E-state index in [1.807, 2.05) is 0 Å². The highest BCUT2D eigenvalue weighted by Gasteiger charge is 2.34. The molecule has 0 bridgehead atoms. The summed E-state index contributed by atoms with van der Waals surface area (Å²) < 4.78 is 0. The van der Waals surface area contributed by atoms with Crippen molar-refractivity contribution < 1.29 is 24.9 Å². The third-order valence-electron chi connectivity index (χ3n) is 3.35. The summed E-state index contributed by atoms with van der Waals surface area (Å²) in [4.78, 5) is 23.2. The van der Waals surface area contributed by atoms with Crippen LogP contribution in [0, 0.1) is 5.92 Å². The predicted molar refractivity (Wildman–Crippen MR) is 65.8 cm³/mol. The molecule has 0 radical (unpaired) electrons. The molecule has 5 unspecified atom stereocenters. The molecule has 1 saturated heterocycles. The topological polar surface area (TPSA) is 145 Å². The summed E-state index contributed by atoms with van der Waals surface area (Å²) in [6.07, 6.45) is -1.49. The van der Waals surface area contributed by atoms with Crippen LogP contribution in [0.3, 0.4) is 0 Å². The van der Waals surface area contributed by atoms with Gasteiger partial charge in [0.25, 0.3) is 0 Å². The largest absolute Gasteiger partial charge is 0.394 e. The van der Waals surface area contributed by atoms with E-state index in [9.17, 15) is 19.8 Å². The Morgan fingerprint density at radius 1 is 1.53 bits per heavy atom. The van der Waals surface area contributed by atoms with Gasteiger partial charge in [0.15, 0.2) is 0 Å². The lowest BCUT2D eigenvalue weighted by Crippen LogP contribution is -2.55. The molecule has 110 valence electrons. The quantitative estimate of drug-likeness (QED) is 0.299. The van der Waals surface area contributed by atoms with Crippen LogP contribution < -0.4 is 16.4 Å². The number of hydrogen-bond donors (Lipinski definition) is 6. The van der Waals surface area contributed by atoms with Gasteiger partial charge < -0.3 is 31.7 Å². The molecular formula is C11H21N3O5. The molecule has 1 aliphatic rings. The molecule has 0 aromatic rings. The van der Waals surface area contributed by atoms with Gasteiger partial charge in [-0.2, -0.15) is 0 Å². The molecule has 2 amide bonds. The molecule has 0 aliphatic carbocycles. The first-order valence-electron chi connectivity index (χ1n) is 6.16. The molecule has 0 saturated carbocycles. The Morgan fingerprint density at radius 3 is 2.58 bits per heavy atom. The van der Waals surface area contributed by atoms with Crippen molar-refractivity contribution in [2.45, 2.75) is 37.6 Å². The molecule has 5 atom stereocenters. The third kappa shape index (κ3) is 4.13. The van der Waals surface area contributed by atoms with Crippen LogP contribution in [0.5, 0.6) is 0 Å². The second kappa shape index (κ2) is 6.80. The molecule has 0 spiro atoms. The number of rotatable bonds is 6. The second-order valence-electron chi connectivity index (χ2n) is 4.85. The lowest BCUT2D eigenvalue weighted by atomic mass is 9.95. The number of nitrogens with one attached hydrogen (secondary N) is 2. The Bertz CT molecular complexity index is 338. The Labute approximate surface area is 111 Å². The van der Waals surface area contributed by atoms with E-state index >= 15 is 0 Å². The van der Waals surface area contributed by atoms with Crippen LogP contribution in [-0.4, -0.2) is 64.6 Å². The summed E-state index contributed by atoms with van der Waals surface area (Å²) in [7, 11) is 0. The van der Waals surface area contributed by atoms with Crippen LogP contribution in [-0.2, 0) is 9.59 Å². The number of aliphatic hydroxyl groups is 3. The summed E-state index contributed by atoms with van der Waals surface area (Å²) in [5.74, 6) is -1.96. The van der Waals surface area contributed by atoms with Gasteiger partial charge >= 0.3 is 0 Å². The maximum atomic E-state index is 11.9. The fourth-order valence-corrected chi connectivity index (χ4v) is 2.02. The van der Waals surface area contributed by atoms with Crippen LogP contribution >= 0.6 is 0 Å². The zero-order chi connectivity index (χ0) is 14.6. The lowest BCUT2D eigenvalue weighted by molar-refractivity contribution is -0.130. The second-order valence-corrected chi connectivity index (χ2v) is 4.85. The molecule has 0 aromatic heterocycles. The van der Waals surface area contributed by atoms with Crippen LogP contribution in [0.1, 0.15) is 13.3 Å². The van der Waals surface area contributed by atoms with Crippen LogP contribution in [0.2, 0.25) is 0 Å². The number of carbonyl (C=O) groups excluding carboxylic acids is 2. The maximum absolute atomic E-state index is 11.9. The molecule has 1 rings (SSSR count). The van der Waals surface area contributed by atoms with Crippen molar-refractivity contribution in [3.8, 4) is 0 Å². The summed E-state index contributed by atoms with van der Waals surface area (Å²) >= 11 is 0. The SMILES string of the molecule is CC(C(O)CO)C(NC(=O)C1CC(O)CN1)C(N)=O. The van der Waals surface area contributed by atoms with Crippen LogP contribution in [0.4, 0.5) is 0 Å².